The fourth-order valence-corrected chi connectivity index (χ4v) is 0.973. The molecule has 0 saturated heterocycles. The van der Waals surface area contributed by atoms with Crippen molar-refractivity contribution in [1.82, 2.24) is 0 Å². The maximum absolute atomic E-state index is 5.66. The highest BCUT2D eigenvalue weighted by atomic mass is 79.9. The maximum atomic E-state index is 5.66. The van der Waals surface area contributed by atoms with E-state index < -0.39 is 0 Å². The smallest absolute Gasteiger partial charge is 0.106 e. The Bertz CT molecular complexity index is 229. The van der Waals surface area contributed by atoms with E-state index in [2.05, 4.69) is 15.9 Å². The van der Waals surface area contributed by atoms with E-state index in [0.29, 0.717) is 0 Å². The first kappa shape index (κ1) is 8.82. The van der Waals surface area contributed by atoms with Gasteiger partial charge in [-0.1, -0.05) is 58.4 Å². The molecule has 0 aliphatic carbocycles. The topological polar surface area (TPSA) is 0 Å². The minimum Gasteiger partial charge on any atom is -0.106 e. The molecule has 0 N–H and O–H groups in total. The van der Waals surface area contributed by atoms with Crippen LogP contribution in [0.4, 0.5) is 0 Å². The van der Waals surface area contributed by atoms with Crippen LogP contribution < -0.4 is 0 Å². The van der Waals surface area contributed by atoms with Crippen LogP contribution in [0.5, 0.6) is 0 Å². The second-order valence-corrected chi connectivity index (χ2v) is 4.09. The fourth-order valence-electron chi connectivity index (χ4n) is 0.748. The number of allylic oxidation sites excluding steroid dienone is 1. The van der Waals surface area contributed by atoms with Gasteiger partial charge < -0.3 is 0 Å². The third-order valence-corrected chi connectivity index (χ3v) is 1.68. The summed E-state index contributed by atoms with van der Waals surface area (Å²) in [6.07, 6.45) is 3.86. The van der Waals surface area contributed by atoms with E-state index in [-0.39, 0.29) is 4.29 Å². The van der Waals surface area contributed by atoms with Crippen molar-refractivity contribution in [3.05, 3.63) is 42.0 Å². The first-order valence-corrected chi connectivity index (χ1v) is 4.65. The van der Waals surface area contributed by atoms with Gasteiger partial charge in [-0.3, -0.25) is 0 Å². The first-order chi connectivity index (χ1) is 5.29. The molecule has 1 aromatic carbocycles. The molecule has 58 valence electrons. The average Bonchev–Trinajstić information content (AvgIpc) is 2.03. The van der Waals surface area contributed by atoms with E-state index in [9.17, 15) is 0 Å². The molecule has 0 aliphatic rings. The Balaban J connectivity index is 2.65. The van der Waals surface area contributed by atoms with E-state index in [4.69, 9.17) is 11.6 Å². The largest absolute Gasteiger partial charge is 0.107 e. The lowest BCUT2D eigenvalue weighted by Gasteiger charge is -1.91. The maximum Gasteiger partial charge on any atom is 0.107 e. The quantitative estimate of drug-likeness (QED) is 0.682. The summed E-state index contributed by atoms with van der Waals surface area (Å²) in [5, 5.41) is 0. The Hall–Kier alpha value is -0.270. The van der Waals surface area contributed by atoms with E-state index in [1.54, 1.807) is 0 Å². The standard InChI is InChI=1S/C9H8BrCl/c10-9(11)7-6-8-4-2-1-3-5-8/h1-7,9H. The highest BCUT2D eigenvalue weighted by Crippen LogP contribution is 2.09. The van der Waals surface area contributed by atoms with Gasteiger partial charge in [-0.25, -0.2) is 0 Å². The van der Waals surface area contributed by atoms with Crippen molar-refractivity contribution >= 4 is 33.6 Å². The van der Waals surface area contributed by atoms with Crippen molar-refractivity contribution in [1.29, 1.82) is 0 Å². The van der Waals surface area contributed by atoms with Gasteiger partial charge >= 0.3 is 0 Å². The molecule has 1 aromatic rings. The number of alkyl halides is 2. The zero-order valence-electron chi connectivity index (χ0n) is 5.87. The molecule has 0 nitrogen and oxygen atoms in total. The second kappa shape index (κ2) is 4.58. The van der Waals surface area contributed by atoms with Crippen LogP contribution in [0.1, 0.15) is 5.56 Å². The third kappa shape index (κ3) is 3.59. The number of benzene rings is 1. The van der Waals surface area contributed by atoms with Crippen LogP contribution in [0.2, 0.25) is 0 Å². The van der Waals surface area contributed by atoms with Gasteiger partial charge in [0.1, 0.15) is 4.29 Å². The first-order valence-electron chi connectivity index (χ1n) is 3.30. The van der Waals surface area contributed by atoms with Crippen molar-refractivity contribution in [2.24, 2.45) is 0 Å². The van der Waals surface area contributed by atoms with Crippen LogP contribution in [0, 0.1) is 0 Å². The lowest BCUT2D eigenvalue weighted by Crippen LogP contribution is -1.75. The Morgan fingerprint density at radius 3 is 2.45 bits per heavy atom. The van der Waals surface area contributed by atoms with Crippen LogP contribution in [0.3, 0.4) is 0 Å². The van der Waals surface area contributed by atoms with Gasteiger partial charge in [-0.05, 0) is 5.56 Å². The van der Waals surface area contributed by atoms with Crippen molar-refractivity contribution in [2.75, 3.05) is 0 Å². The Labute approximate surface area is 80.0 Å². The molecule has 0 amide bonds. The monoisotopic (exact) mass is 230 g/mol. The van der Waals surface area contributed by atoms with Gasteiger partial charge in [0.2, 0.25) is 0 Å². The Kier molecular flexibility index (Phi) is 3.67. The van der Waals surface area contributed by atoms with Crippen LogP contribution in [-0.4, -0.2) is 4.29 Å². The van der Waals surface area contributed by atoms with Crippen molar-refractivity contribution in [3.63, 3.8) is 0 Å². The summed E-state index contributed by atoms with van der Waals surface area (Å²) >= 11 is 8.87. The van der Waals surface area contributed by atoms with Gasteiger partial charge in [0.25, 0.3) is 0 Å². The summed E-state index contributed by atoms with van der Waals surface area (Å²) in [5.74, 6) is 0. The summed E-state index contributed by atoms with van der Waals surface area (Å²) in [4.78, 5) is 0. The minimum absolute atomic E-state index is 0.0808. The van der Waals surface area contributed by atoms with Crippen molar-refractivity contribution in [3.8, 4) is 0 Å². The van der Waals surface area contributed by atoms with Gasteiger partial charge in [-0.15, -0.1) is 11.6 Å². The summed E-state index contributed by atoms with van der Waals surface area (Å²) in [5.41, 5.74) is 1.16. The van der Waals surface area contributed by atoms with Crippen LogP contribution in [0.25, 0.3) is 6.08 Å². The van der Waals surface area contributed by atoms with Crippen LogP contribution >= 0.6 is 27.5 Å². The lowest BCUT2D eigenvalue weighted by molar-refractivity contribution is 1.63. The van der Waals surface area contributed by atoms with Gasteiger partial charge in [0.05, 0.1) is 0 Å². The van der Waals surface area contributed by atoms with Gasteiger partial charge in [0.15, 0.2) is 0 Å². The highest BCUT2D eigenvalue weighted by Gasteiger charge is 1.88. The van der Waals surface area contributed by atoms with Gasteiger partial charge in [0, 0.05) is 0 Å². The number of rotatable bonds is 2. The number of halogens is 2. The third-order valence-electron chi connectivity index (χ3n) is 1.23. The van der Waals surface area contributed by atoms with Crippen molar-refractivity contribution in [2.45, 2.75) is 4.29 Å². The summed E-state index contributed by atoms with van der Waals surface area (Å²) in [6, 6.07) is 10.0. The van der Waals surface area contributed by atoms with Crippen LogP contribution in [-0.2, 0) is 0 Å². The summed E-state index contributed by atoms with van der Waals surface area (Å²) in [6.45, 7) is 0. The minimum atomic E-state index is -0.0808. The molecular formula is C9H8BrCl. The second-order valence-electron chi connectivity index (χ2n) is 2.10. The molecule has 0 bridgehead atoms. The van der Waals surface area contributed by atoms with E-state index in [1.165, 1.54) is 0 Å². The molecule has 0 fully saturated rings. The highest BCUT2D eigenvalue weighted by molar-refractivity contribution is 9.10. The zero-order chi connectivity index (χ0) is 8.10. The molecule has 1 rings (SSSR count). The normalized spacial score (nSPS) is 13.6. The summed E-state index contributed by atoms with van der Waals surface area (Å²) in [7, 11) is 0. The molecule has 0 radical (unpaired) electrons. The van der Waals surface area contributed by atoms with E-state index in [0.717, 1.165) is 5.56 Å². The molecule has 11 heavy (non-hydrogen) atoms. The lowest BCUT2D eigenvalue weighted by atomic mass is 10.2. The van der Waals surface area contributed by atoms with E-state index >= 15 is 0 Å². The molecule has 2 heteroatoms. The zero-order valence-corrected chi connectivity index (χ0v) is 8.22. The molecule has 1 atom stereocenters. The van der Waals surface area contributed by atoms with Crippen molar-refractivity contribution < 1.29 is 0 Å². The molecule has 0 saturated carbocycles. The Morgan fingerprint density at radius 2 is 1.91 bits per heavy atom. The number of hydrogen-bond donors (Lipinski definition) is 0. The van der Waals surface area contributed by atoms with Gasteiger partial charge in [-0.2, -0.15) is 0 Å². The average molecular weight is 232 g/mol. The molecular weight excluding hydrogens is 223 g/mol. The molecule has 0 aliphatic heterocycles. The molecule has 1 unspecified atom stereocenters. The molecule has 0 aromatic heterocycles. The number of hydrogen-bond acceptors (Lipinski definition) is 0. The molecule has 0 spiro atoms. The SMILES string of the molecule is ClC(Br)C=Cc1ccccc1. The predicted molar refractivity (Wildman–Crippen MR) is 54.0 cm³/mol. The van der Waals surface area contributed by atoms with E-state index in [1.807, 2.05) is 42.5 Å². The summed E-state index contributed by atoms with van der Waals surface area (Å²) < 4.78 is -0.0808. The Morgan fingerprint density at radius 1 is 1.27 bits per heavy atom. The van der Waals surface area contributed by atoms with Crippen LogP contribution in [0.15, 0.2) is 36.4 Å². The predicted octanol–water partition coefficient (Wildman–Crippen LogP) is 3.66. The fraction of sp³-hybridized carbons (Fsp3) is 0.111. The molecule has 0 heterocycles.